The minimum absolute atomic E-state index is 0.00254. The maximum Gasteiger partial charge on any atom is 0.326 e. The zero-order valence-electron chi connectivity index (χ0n) is 12.4. The fourth-order valence-corrected chi connectivity index (χ4v) is 2.46. The van der Waals surface area contributed by atoms with Crippen LogP contribution in [0.1, 0.15) is 20.3 Å². The zero-order chi connectivity index (χ0) is 15.4. The van der Waals surface area contributed by atoms with Gasteiger partial charge in [0.25, 0.3) is 0 Å². The van der Waals surface area contributed by atoms with Crippen molar-refractivity contribution in [3.8, 4) is 0 Å². The Kier molecular flexibility index (Phi) is 4.80. The van der Waals surface area contributed by atoms with E-state index in [2.05, 4.69) is 24.1 Å². The lowest BCUT2D eigenvalue weighted by Gasteiger charge is -2.18. The monoisotopic (exact) mass is 290 g/mol. The molecule has 0 aliphatic heterocycles. The predicted molar refractivity (Wildman–Crippen MR) is 83.0 cm³/mol. The van der Waals surface area contributed by atoms with Gasteiger partial charge in [-0.25, -0.2) is 4.79 Å². The number of carbonyl (C=O) groups excluding carboxylic acids is 1. The molecule has 4 N–H and O–H groups in total. The fourth-order valence-electron chi connectivity index (χ4n) is 2.46. The first-order valence-electron chi connectivity index (χ1n) is 7.18. The van der Waals surface area contributed by atoms with E-state index in [4.69, 9.17) is 5.73 Å². The summed E-state index contributed by atoms with van der Waals surface area (Å²) in [5, 5.41) is 2.89. The standard InChI is InChI=1S/C15H22N4O2/c1-10(2)7-11(8-16)17-14(20)9-19-13-6-4-3-5-12(13)18-15(19)21/h3-6,10-11H,7-9,16H2,1-2H3,(H,17,20)(H,18,21). The molecule has 2 aromatic rings. The topological polar surface area (TPSA) is 92.9 Å². The van der Waals surface area contributed by atoms with E-state index in [0.717, 1.165) is 17.5 Å². The van der Waals surface area contributed by atoms with Crippen LogP contribution in [0.4, 0.5) is 0 Å². The highest BCUT2D eigenvalue weighted by atomic mass is 16.2. The first kappa shape index (κ1) is 15.3. The van der Waals surface area contributed by atoms with Crippen molar-refractivity contribution in [2.75, 3.05) is 6.54 Å². The third-order valence-corrected chi connectivity index (χ3v) is 3.39. The maximum absolute atomic E-state index is 12.1. The van der Waals surface area contributed by atoms with Gasteiger partial charge in [-0.3, -0.25) is 9.36 Å². The second-order valence-electron chi connectivity index (χ2n) is 5.66. The molecule has 0 fully saturated rings. The van der Waals surface area contributed by atoms with Crippen molar-refractivity contribution >= 4 is 16.9 Å². The van der Waals surface area contributed by atoms with E-state index in [9.17, 15) is 9.59 Å². The van der Waals surface area contributed by atoms with E-state index in [0.29, 0.717) is 12.5 Å². The van der Waals surface area contributed by atoms with Gasteiger partial charge in [0.2, 0.25) is 5.91 Å². The highest BCUT2D eigenvalue weighted by Gasteiger charge is 2.15. The number of H-pyrrole nitrogens is 1. The third kappa shape index (κ3) is 3.72. The van der Waals surface area contributed by atoms with Gasteiger partial charge in [0.1, 0.15) is 6.54 Å². The molecule has 0 spiro atoms. The molecular formula is C15H22N4O2. The number of amides is 1. The van der Waals surface area contributed by atoms with Crippen LogP contribution >= 0.6 is 0 Å². The number of aromatic amines is 1. The highest BCUT2D eigenvalue weighted by Crippen LogP contribution is 2.09. The number of carbonyl (C=O) groups is 1. The average Bonchev–Trinajstić information content (AvgIpc) is 2.74. The van der Waals surface area contributed by atoms with Crippen LogP contribution in [0.3, 0.4) is 0 Å². The summed E-state index contributed by atoms with van der Waals surface area (Å²) in [5.41, 5.74) is 6.85. The Bertz CT molecular complexity index is 672. The molecule has 1 unspecified atom stereocenters. The summed E-state index contributed by atoms with van der Waals surface area (Å²) in [6.07, 6.45) is 0.824. The number of fused-ring (bicyclic) bond motifs is 1. The summed E-state index contributed by atoms with van der Waals surface area (Å²) in [5.74, 6) is 0.257. The highest BCUT2D eigenvalue weighted by molar-refractivity contribution is 5.80. The summed E-state index contributed by atoms with van der Waals surface area (Å²) in [4.78, 5) is 26.8. The van der Waals surface area contributed by atoms with Gasteiger partial charge < -0.3 is 16.0 Å². The van der Waals surface area contributed by atoms with Crippen molar-refractivity contribution in [2.45, 2.75) is 32.9 Å². The van der Waals surface area contributed by atoms with Crippen molar-refractivity contribution in [1.82, 2.24) is 14.9 Å². The van der Waals surface area contributed by atoms with Crippen LogP contribution in [0.2, 0.25) is 0 Å². The van der Waals surface area contributed by atoms with E-state index in [1.807, 2.05) is 24.3 Å². The lowest BCUT2D eigenvalue weighted by Crippen LogP contribution is -2.43. The van der Waals surface area contributed by atoms with E-state index in [1.165, 1.54) is 4.57 Å². The average molecular weight is 290 g/mol. The van der Waals surface area contributed by atoms with Crippen LogP contribution in [0, 0.1) is 5.92 Å². The molecule has 6 nitrogen and oxygen atoms in total. The third-order valence-electron chi connectivity index (χ3n) is 3.39. The molecular weight excluding hydrogens is 268 g/mol. The second kappa shape index (κ2) is 6.58. The number of hydrogen-bond acceptors (Lipinski definition) is 3. The smallest absolute Gasteiger partial charge is 0.326 e. The van der Waals surface area contributed by atoms with Crippen molar-refractivity contribution < 1.29 is 4.79 Å². The number of benzene rings is 1. The largest absolute Gasteiger partial charge is 0.351 e. The maximum atomic E-state index is 12.1. The van der Waals surface area contributed by atoms with Gasteiger partial charge in [0.15, 0.2) is 0 Å². The molecule has 0 saturated carbocycles. The number of imidazole rings is 1. The summed E-state index contributed by atoms with van der Waals surface area (Å²) in [6, 6.07) is 7.25. The Labute approximate surface area is 123 Å². The number of rotatable bonds is 6. The molecule has 1 aromatic carbocycles. The summed E-state index contributed by atoms with van der Waals surface area (Å²) < 4.78 is 1.44. The molecule has 1 heterocycles. The normalized spacial score (nSPS) is 12.8. The first-order valence-corrected chi connectivity index (χ1v) is 7.18. The molecule has 6 heteroatoms. The molecule has 114 valence electrons. The van der Waals surface area contributed by atoms with Crippen molar-refractivity contribution in [3.63, 3.8) is 0 Å². The molecule has 1 atom stereocenters. The summed E-state index contributed by atoms with van der Waals surface area (Å²) in [6.45, 7) is 4.56. The number of hydrogen-bond donors (Lipinski definition) is 3. The van der Waals surface area contributed by atoms with Gasteiger partial charge in [-0.2, -0.15) is 0 Å². The van der Waals surface area contributed by atoms with Crippen molar-refractivity contribution in [1.29, 1.82) is 0 Å². The lowest BCUT2D eigenvalue weighted by molar-refractivity contribution is -0.122. The van der Waals surface area contributed by atoms with E-state index in [-0.39, 0.29) is 24.2 Å². The molecule has 0 aliphatic carbocycles. The first-order chi connectivity index (χ1) is 10.0. The Morgan fingerprint density at radius 2 is 2.10 bits per heavy atom. The molecule has 2 rings (SSSR count). The van der Waals surface area contributed by atoms with E-state index < -0.39 is 0 Å². The summed E-state index contributed by atoms with van der Waals surface area (Å²) >= 11 is 0. The molecule has 1 aromatic heterocycles. The van der Waals surface area contributed by atoms with Gasteiger partial charge in [0.05, 0.1) is 11.0 Å². The Hall–Kier alpha value is -2.08. The number of para-hydroxylation sites is 2. The van der Waals surface area contributed by atoms with Crippen LogP contribution in [0.25, 0.3) is 11.0 Å². The van der Waals surface area contributed by atoms with Crippen molar-refractivity contribution in [2.24, 2.45) is 11.7 Å². The van der Waals surface area contributed by atoms with Crippen LogP contribution < -0.4 is 16.7 Å². The molecule has 0 radical (unpaired) electrons. The van der Waals surface area contributed by atoms with Gasteiger partial charge >= 0.3 is 5.69 Å². The van der Waals surface area contributed by atoms with Crippen LogP contribution in [0.15, 0.2) is 29.1 Å². The predicted octanol–water partition coefficient (Wildman–Crippen LogP) is 0.819. The summed E-state index contributed by atoms with van der Waals surface area (Å²) in [7, 11) is 0. The quantitative estimate of drug-likeness (QED) is 0.735. The molecule has 1 amide bonds. The number of nitrogens with zero attached hydrogens (tertiary/aromatic N) is 1. The van der Waals surface area contributed by atoms with Crippen LogP contribution in [-0.4, -0.2) is 28.0 Å². The molecule has 21 heavy (non-hydrogen) atoms. The van der Waals surface area contributed by atoms with Gasteiger partial charge in [-0.05, 0) is 24.5 Å². The van der Waals surface area contributed by atoms with Crippen LogP contribution in [0.5, 0.6) is 0 Å². The minimum Gasteiger partial charge on any atom is -0.351 e. The number of aromatic nitrogens is 2. The van der Waals surface area contributed by atoms with Gasteiger partial charge in [-0.15, -0.1) is 0 Å². The van der Waals surface area contributed by atoms with E-state index in [1.54, 1.807) is 0 Å². The minimum atomic E-state index is -0.278. The Morgan fingerprint density at radius 1 is 1.38 bits per heavy atom. The molecule has 0 bridgehead atoms. The second-order valence-corrected chi connectivity index (χ2v) is 5.66. The van der Waals surface area contributed by atoms with Crippen molar-refractivity contribution in [3.05, 3.63) is 34.7 Å². The Balaban J connectivity index is 2.11. The molecule has 0 aliphatic rings. The van der Waals surface area contributed by atoms with Crippen LogP contribution in [-0.2, 0) is 11.3 Å². The van der Waals surface area contributed by atoms with Gasteiger partial charge in [0, 0.05) is 12.6 Å². The Morgan fingerprint density at radius 3 is 2.76 bits per heavy atom. The number of nitrogens with two attached hydrogens (primary N) is 1. The number of nitrogens with one attached hydrogen (secondary N) is 2. The SMILES string of the molecule is CC(C)CC(CN)NC(=O)Cn1c(=O)[nH]c2ccccc21. The van der Waals surface area contributed by atoms with E-state index >= 15 is 0 Å². The molecule has 0 saturated heterocycles. The fraction of sp³-hybridized carbons (Fsp3) is 0.467. The zero-order valence-corrected chi connectivity index (χ0v) is 12.4. The van der Waals surface area contributed by atoms with Gasteiger partial charge in [-0.1, -0.05) is 26.0 Å². The lowest BCUT2D eigenvalue weighted by atomic mass is 10.0.